The van der Waals surface area contributed by atoms with Gasteiger partial charge in [0.1, 0.15) is 11.6 Å². The van der Waals surface area contributed by atoms with Crippen LogP contribution in [0.15, 0.2) is 30.3 Å². The molecule has 0 saturated heterocycles. The third-order valence-electron chi connectivity index (χ3n) is 5.40. The number of nitrogens with zero attached hydrogens (tertiary/aromatic N) is 3. The standard InChI is InChI=1S/C21H28N4O/c1-25(14-11-19(26)15-5-3-2-4-6-15)21-17-9-12-22-13-10-18(17)23-20(24-21)16-7-8-16/h2-6,16,19,22,26H,7-14H2,1H3. The normalized spacial score (nSPS) is 18.1. The molecule has 1 aromatic carbocycles. The molecule has 1 fully saturated rings. The fourth-order valence-corrected chi connectivity index (χ4v) is 3.65. The average molecular weight is 352 g/mol. The molecule has 0 bridgehead atoms. The van der Waals surface area contributed by atoms with E-state index < -0.39 is 6.10 Å². The Hall–Kier alpha value is -1.98. The van der Waals surface area contributed by atoms with Crippen molar-refractivity contribution in [3.05, 3.63) is 53.0 Å². The van der Waals surface area contributed by atoms with Gasteiger partial charge in [-0.15, -0.1) is 0 Å². The van der Waals surface area contributed by atoms with Gasteiger partial charge in [0.25, 0.3) is 0 Å². The Kier molecular flexibility index (Phi) is 5.18. The van der Waals surface area contributed by atoms with Crippen LogP contribution >= 0.6 is 0 Å². The first-order chi connectivity index (χ1) is 12.7. The third-order valence-corrected chi connectivity index (χ3v) is 5.40. The first kappa shape index (κ1) is 17.4. The van der Waals surface area contributed by atoms with E-state index in [1.54, 1.807) is 0 Å². The maximum absolute atomic E-state index is 10.5. The smallest absolute Gasteiger partial charge is 0.135 e. The molecule has 1 atom stereocenters. The van der Waals surface area contributed by atoms with Gasteiger partial charge in [0, 0.05) is 38.0 Å². The highest BCUT2D eigenvalue weighted by Crippen LogP contribution is 2.39. The van der Waals surface area contributed by atoms with Crippen molar-refractivity contribution in [2.24, 2.45) is 0 Å². The molecular formula is C21H28N4O. The van der Waals surface area contributed by atoms with E-state index in [-0.39, 0.29) is 0 Å². The first-order valence-electron chi connectivity index (χ1n) is 9.77. The van der Waals surface area contributed by atoms with Gasteiger partial charge in [-0.3, -0.25) is 0 Å². The van der Waals surface area contributed by atoms with Crippen molar-refractivity contribution >= 4 is 5.82 Å². The van der Waals surface area contributed by atoms with Crippen LogP contribution < -0.4 is 10.2 Å². The van der Waals surface area contributed by atoms with E-state index >= 15 is 0 Å². The van der Waals surface area contributed by atoms with E-state index in [1.165, 1.54) is 24.1 Å². The summed E-state index contributed by atoms with van der Waals surface area (Å²) < 4.78 is 0. The molecule has 2 aromatic rings. The molecule has 4 rings (SSSR count). The van der Waals surface area contributed by atoms with Crippen molar-refractivity contribution in [2.75, 3.05) is 31.6 Å². The van der Waals surface area contributed by atoms with Crippen molar-refractivity contribution < 1.29 is 5.11 Å². The molecule has 0 radical (unpaired) electrons. The van der Waals surface area contributed by atoms with Crippen LogP contribution in [-0.4, -0.2) is 41.8 Å². The fourth-order valence-electron chi connectivity index (χ4n) is 3.65. The zero-order valence-corrected chi connectivity index (χ0v) is 15.5. The molecule has 1 aliphatic heterocycles. The number of fused-ring (bicyclic) bond motifs is 1. The van der Waals surface area contributed by atoms with Crippen LogP contribution in [0.25, 0.3) is 0 Å². The van der Waals surface area contributed by atoms with Gasteiger partial charge >= 0.3 is 0 Å². The van der Waals surface area contributed by atoms with E-state index in [4.69, 9.17) is 9.97 Å². The van der Waals surface area contributed by atoms with Gasteiger partial charge in [-0.25, -0.2) is 9.97 Å². The zero-order valence-electron chi connectivity index (χ0n) is 15.5. The lowest BCUT2D eigenvalue weighted by molar-refractivity contribution is 0.169. The van der Waals surface area contributed by atoms with Gasteiger partial charge < -0.3 is 15.3 Å². The minimum atomic E-state index is -0.441. The molecule has 1 saturated carbocycles. The highest BCUT2D eigenvalue weighted by atomic mass is 16.3. The quantitative estimate of drug-likeness (QED) is 0.837. The number of aromatic nitrogens is 2. The molecule has 5 nitrogen and oxygen atoms in total. The highest BCUT2D eigenvalue weighted by molar-refractivity contribution is 5.50. The minimum Gasteiger partial charge on any atom is -0.388 e. The summed E-state index contributed by atoms with van der Waals surface area (Å²) in [6.07, 6.45) is 4.63. The number of aliphatic hydroxyl groups excluding tert-OH is 1. The van der Waals surface area contributed by atoms with Crippen LogP contribution in [0.4, 0.5) is 5.82 Å². The molecule has 2 heterocycles. The van der Waals surface area contributed by atoms with E-state index in [0.29, 0.717) is 12.3 Å². The number of anilines is 1. The maximum atomic E-state index is 10.5. The number of aliphatic hydroxyl groups is 1. The molecule has 26 heavy (non-hydrogen) atoms. The third kappa shape index (κ3) is 3.89. The summed E-state index contributed by atoms with van der Waals surface area (Å²) in [5.74, 6) is 2.65. The fraction of sp³-hybridized carbons (Fsp3) is 0.524. The summed E-state index contributed by atoms with van der Waals surface area (Å²) in [7, 11) is 2.09. The van der Waals surface area contributed by atoms with Crippen molar-refractivity contribution in [2.45, 2.75) is 44.1 Å². The van der Waals surface area contributed by atoms with E-state index in [9.17, 15) is 5.11 Å². The van der Waals surface area contributed by atoms with Gasteiger partial charge in [0.05, 0.1) is 11.8 Å². The van der Waals surface area contributed by atoms with E-state index in [1.807, 2.05) is 30.3 Å². The molecule has 138 valence electrons. The highest BCUT2D eigenvalue weighted by Gasteiger charge is 2.29. The Morgan fingerprint density at radius 3 is 2.69 bits per heavy atom. The second-order valence-electron chi connectivity index (χ2n) is 7.49. The summed E-state index contributed by atoms with van der Waals surface area (Å²) in [6.45, 7) is 2.74. The summed E-state index contributed by atoms with van der Waals surface area (Å²) in [6, 6.07) is 9.89. The van der Waals surface area contributed by atoms with Gasteiger partial charge in [-0.1, -0.05) is 30.3 Å². The molecule has 2 aliphatic rings. The van der Waals surface area contributed by atoms with Gasteiger partial charge in [-0.2, -0.15) is 0 Å². The number of benzene rings is 1. The predicted octanol–water partition coefficient (Wildman–Crippen LogP) is 2.60. The van der Waals surface area contributed by atoms with E-state index in [0.717, 1.165) is 49.7 Å². The molecular weight excluding hydrogens is 324 g/mol. The lowest BCUT2D eigenvalue weighted by Crippen LogP contribution is -2.25. The first-order valence-corrected chi connectivity index (χ1v) is 9.77. The summed E-state index contributed by atoms with van der Waals surface area (Å²) >= 11 is 0. The number of hydrogen-bond acceptors (Lipinski definition) is 5. The predicted molar refractivity (Wildman–Crippen MR) is 104 cm³/mol. The van der Waals surface area contributed by atoms with Crippen LogP contribution in [-0.2, 0) is 12.8 Å². The van der Waals surface area contributed by atoms with Crippen LogP contribution in [0.3, 0.4) is 0 Å². The van der Waals surface area contributed by atoms with Crippen molar-refractivity contribution in [1.29, 1.82) is 0 Å². The number of rotatable bonds is 6. The van der Waals surface area contributed by atoms with E-state index in [2.05, 4.69) is 17.3 Å². The molecule has 1 aliphatic carbocycles. The van der Waals surface area contributed by atoms with Crippen LogP contribution in [0, 0.1) is 0 Å². The number of hydrogen-bond donors (Lipinski definition) is 2. The zero-order chi connectivity index (χ0) is 17.9. The van der Waals surface area contributed by atoms with Crippen LogP contribution in [0.2, 0.25) is 0 Å². The maximum Gasteiger partial charge on any atom is 0.135 e. The SMILES string of the molecule is CN(CCC(O)c1ccccc1)c1nc(C2CC2)nc2c1CCNCC2. The Morgan fingerprint density at radius 1 is 1.15 bits per heavy atom. The van der Waals surface area contributed by atoms with Crippen LogP contribution in [0.1, 0.15) is 53.9 Å². The lowest BCUT2D eigenvalue weighted by atomic mass is 10.1. The van der Waals surface area contributed by atoms with Gasteiger partial charge in [0.2, 0.25) is 0 Å². The summed E-state index contributed by atoms with van der Waals surface area (Å²) in [5, 5.41) is 14.0. The molecule has 1 aromatic heterocycles. The topological polar surface area (TPSA) is 61.3 Å². The molecule has 0 spiro atoms. The second kappa shape index (κ2) is 7.72. The molecule has 5 heteroatoms. The van der Waals surface area contributed by atoms with Gasteiger partial charge in [0.15, 0.2) is 0 Å². The van der Waals surface area contributed by atoms with Crippen molar-refractivity contribution in [3.8, 4) is 0 Å². The number of nitrogens with one attached hydrogen (secondary N) is 1. The Balaban J connectivity index is 1.52. The lowest BCUT2D eigenvalue weighted by Gasteiger charge is -2.24. The summed E-state index contributed by atoms with van der Waals surface area (Å²) in [5.41, 5.74) is 3.48. The summed E-state index contributed by atoms with van der Waals surface area (Å²) in [4.78, 5) is 12.1. The monoisotopic (exact) mass is 352 g/mol. The van der Waals surface area contributed by atoms with Crippen molar-refractivity contribution in [1.82, 2.24) is 15.3 Å². The Bertz CT molecular complexity index is 745. The molecule has 0 amide bonds. The van der Waals surface area contributed by atoms with Crippen LogP contribution in [0.5, 0.6) is 0 Å². The average Bonchev–Trinajstić information content (AvgIpc) is 3.52. The Morgan fingerprint density at radius 2 is 1.92 bits per heavy atom. The minimum absolute atomic E-state index is 0.441. The largest absolute Gasteiger partial charge is 0.388 e. The van der Waals surface area contributed by atoms with Gasteiger partial charge in [-0.05, 0) is 37.8 Å². The Labute approximate surface area is 155 Å². The van der Waals surface area contributed by atoms with Crippen molar-refractivity contribution in [3.63, 3.8) is 0 Å². The molecule has 1 unspecified atom stereocenters. The second-order valence-corrected chi connectivity index (χ2v) is 7.49. The molecule has 2 N–H and O–H groups in total.